The standard InChI is InChI=1S/C20H24ClF3N4/c21-18-11-16(22)2-1-15(18)12-27-9-5-14(6-10-27)19-13-28(26-25-19)17-3-7-20(23,24)8-4-17/h1-2,11,13-14,17H,3-10,12H2. The number of benzene rings is 1. The molecule has 0 unspecified atom stereocenters. The van der Waals surface area contributed by atoms with E-state index in [0.717, 1.165) is 37.2 Å². The van der Waals surface area contributed by atoms with Crippen molar-refractivity contribution in [3.05, 3.63) is 46.5 Å². The number of halogens is 4. The van der Waals surface area contributed by atoms with Crippen LogP contribution in [0.15, 0.2) is 24.4 Å². The summed E-state index contributed by atoms with van der Waals surface area (Å²) in [6.07, 6.45) is 4.62. The molecule has 2 heterocycles. The van der Waals surface area contributed by atoms with Gasteiger partial charge >= 0.3 is 0 Å². The molecule has 1 aromatic carbocycles. The van der Waals surface area contributed by atoms with Gasteiger partial charge in [0.1, 0.15) is 5.82 Å². The molecule has 0 spiro atoms. The molecule has 1 saturated carbocycles. The third-order valence-electron chi connectivity index (χ3n) is 6.00. The third kappa shape index (κ3) is 4.51. The number of alkyl halides is 2. The minimum atomic E-state index is -2.53. The second-order valence-corrected chi connectivity index (χ2v) is 8.40. The fourth-order valence-electron chi connectivity index (χ4n) is 4.22. The van der Waals surface area contributed by atoms with E-state index in [2.05, 4.69) is 15.2 Å². The number of likely N-dealkylation sites (tertiary alicyclic amines) is 1. The van der Waals surface area contributed by atoms with E-state index in [1.54, 1.807) is 10.7 Å². The van der Waals surface area contributed by atoms with E-state index < -0.39 is 5.92 Å². The summed E-state index contributed by atoms with van der Waals surface area (Å²) < 4.78 is 41.7. The Hall–Kier alpha value is -1.60. The lowest BCUT2D eigenvalue weighted by molar-refractivity contribution is -0.0451. The number of hydrogen-bond donors (Lipinski definition) is 0. The molecule has 0 atom stereocenters. The summed E-state index contributed by atoms with van der Waals surface area (Å²) in [4.78, 5) is 2.31. The molecule has 0 bridgehead atoms. The molecule has 1 aliphatic heterocycles. The SMILES string of the molecule is Fc1ccc(CN2CCC(c3cn(C4CCC(F)(F)CC4)nn3)CC2)c(Cl)c1. The van der Waals surface area contributed by atoms with Crippen molar-refractivity contribution >= 4 is 11.6 Å². The lowest BCUT2D eigenvalue weighted by atomic mass is 9.92. The molecule has 2 fully saturated rings. The summed E-state index contributed by atoms with van der Waals surface area (Å²) in [5.74, 6) is -2.52. The molecule has 1 aromatic heterocycles. The van der Waals surface area contributed by atoms with Crippen LogP contribution < -0.4 is 0 Å². The van der Waals surface area contributed by atoms with Crippen LogP contribution in [-0.2, 0) is 6.54 Å². The van der Waals surface area contributed by atoms with E-state index >= 15 is 0 Å². The van der Waals surface area contributed by atoms with E-state index in [-0.39, 0.29) is 24.7 Å². The molecular formula is C20H24ClF3N4. The summed E-state index contributed by atoms with van der Waals surface area (Å²) in [6.45, 7) is 2.51. The Balaban J connectivity index is 1.31. The summed E-state index contributed by atoms with van der Waals surface area (Å²) in [6, 6.07) is 4.56. The zero-order chi connectivity index (χ0) is 19.7. The smallest absolute Gasteiger partial charge is 0.248 e. The summed E-state index contributed by atoms with van der Waals surface area (Å²) >= 11 is 6.13. The van der Waals surface area contributed by atoms with E-state index in [1.165, 1.54) is 12.1 Å². The van der Waals surface area contributed by atoms with E-state index in [1.807, 2.05) is 6.20 Å². The van der Waals surface area contributed by atoms with Gasteiger partial charge in [0.05, 0.1) is 11.7 Å². The van der Waals surface area contributed by atoms with Crippen LogP contribution in [0.2, 0.25) is 5.02 Å². The topological polar surface area (TPSA) is 34.0 Å². The molecule has 2 aromatic rings. The molecule has 1 saturated heterocycles. The molecule has 0 amide bonds. The zero-order valence-corrected chi connectivity index (χ0v) is 16.4. The van der Waals surface area contributed by atoms with Crippen LogP contribution in [0.25, 0.3) is 0 Å². The zero-order valence-electron chi connectivity index (χ0n) is 15.6. The second-order valence-electron chi connectivity index (χ2n) is 8.00. The van der Waals surface area contributed by atoms with Gasteiger partial charge in [-0.2, -0.15) is 0 Å². The number of piperidine rings is 1. The van der Waals surface area contributed by atoms with Crippen LogP contribution in [0.3, 0.4) is 0 Å². The maximum atomic E-state index is 13.4. The first-order valence-corrected chi connectivity index (χ1v) is 10.2. The predicted molar refractivity (Wildman–Crippen MR) is 101 cm³/mol. The summed E-state index contributed by atoms with van der Waals surface area (Å²) in [5, 5.41) is 9.01. The van der Waals surface area contributed by atoms with Gasteiger partial charge in [0.2, 0.25) is 5.92 Å². The minimum absolute atomic E-state index is 0.0292. The molecule has 1 aliphatic carbocycles. The van der Waals surface area contributed by atoms with Crippen LogP contribution in [0, 0.1) is 5.82 Å². The predicted octanol–water partition coefficient (Wildman–Crippen LogP) is 5.20. The molecule has 28 heavy (non-hydrogen) atoms. The fraction of sp³-hybridized carbons (Fsp3) is 0.600. The third-order valence-corrected chi connectivity index (χ3v) is 6.36. The normalized spacial score (nSPS) is 21.9. The Labute approximate surface area is 167 Å². The van der Waals surface area contributed by atoms with Crippen molar-refractivity contribution in [2.75, 3.05) is 13.1 Å². The van der Waals surface area contributed by atoms with Gasteiger partial charge in [-0.3, -0.25) is 4.90 Å². The van der Waals surface area contributed by atoms with Gasteiger partial charge < -0.3 is 0 Å². The van der Waals surface area contributed by atoms with Crippen molar-refractivity contribution in [2.45, 2.75) is 63.0 Å². The number of rotatable bonds is 4. The van der Waals surface area contributed by atoms with Crippen molar-refractivity contribution in [1.82, 2.24) is 19.9 Å². The van der Waals surface area contributed by atoms with Gasteiger partial charge in [0, 0.05) is 36.5 Å². The maximum Gasteiger partial charge on any atom is 0.248 e. The minimum Gasteiger partial charge on any atom is -0.299 e. The van der Waals surface area contributed by atoms with Gasteiger partial charge in [-0.15, -0.1) is 5.10 Å². The number of nitrogens with zero attached hydrogens (tertiary/aromatic N) is 4. The Kier molecular flexibility index (Phi) is 5.65. The molecule has 4 rings (SSSR count). The van der Waals surface area contributed by atoms with Crippen LogP contribution >= 0.6 is 11.6 Å². The van der Waals surface area contributed by atoms with Gasteiger partial charge in [-0.05, 0) is 56.5 Å². The van der Waals surface area contributed by atoms with Crippen LogP contribution in [-0.4, -0.2) is 38.9 Å². The molecule has 0 radical (unpaired) electrons. The molecule has 4 nitrogen and oxygen atoms in total. The quantitative estimate of drug-likeness (QED) is 0.692. The average Bonchev–Trinajstić information content (AvgIpc) is 3.15. The molecule has 152 valence electrons. The van der Waals surface area contributed by atoms with Gasteiger partial charge in [0.15, 0.2) is 0 Å². The monoisotopic (exact) mass is 412 g/mol. The largest absolute Gasteiger partial charge is 0.299 e. The van der Waals surface area contributed by atoms with Crippen molar-refractivity contribution in [1.29, 1.82) is 0 Å². The lowest BCUT2D eigenvalue weighted by Gasteiger charge is -2.31. The Morgan fingerprint density at radius 2 is 1.82 bits per heavy atom. The Morgan fingerprint density at radius 3 is 2.50 bits per heavy atom. The van der Waals surface area contributed by atoms with E-state index in [4.69, 9.17) is 11.6 Å². The molecular weight excluding hydrogens is 389 g/mol. The van der Waals surface area contributed by atoms with Crippen molar-refractivity contribution < 1.29 is 13.2 Å². The first-order chi connectivity index (χ1) is 13.4. The highest BCUT2D eigenvalue weighted by Gasteiger charge is 2.36. The van der Waals surface area contributed by atoms with Gasteiger partial charge in [0.25, 0.3) is 0 Å². The Bertz CT molecular complexity index is 808. The molecule has 2 aliphatic rings. The molecule has 8 heteroatoms. The average molecular weight is 413 g/mol. The second kappa shape index (κ2) is 8.03. The van der Waals surface area contributed by atoms with Crippen molar-refractivity contribution in [2.24, 2.45) is 0 Å². The van der Waals surface area contributed by atoms with E-state index in [9.17, 15) is 13.2 Å². The maximum absolute atomic E-state index is 13.4. The lowest BCUT2D eigenvalue weighted by Crippen LogP contribution is -2.32. The first-order valence-electron chi connectivity index (χ1n) is 9.85. The van der Waals surface area contributed by atoms with Crippen LogP contribution in [0.5, 0.6) is 0 Å². The number of aromatic nitrogens is 3. The fourth-order valence-corrected chi connectivity index (χ4v) is 4.45. The van der Waals surface area contributed by atoms with Crippen LogP contribution in [0.1, 0.15) is 61.7 Å². The highest BCUT2D eigenvalue weighted by Crippen LogP contribution is 2.38. The van der Waals surface area contributed by atoms with E-state index in [0.29, 0.717) is 30.3 Å². The first kappa shape index (κ1) is 19.7. The van der Waals surface area contributed by atoms with Crippen molar-refractivity contribution in [3.8, 4) is 0 Å². The van der Waals surface area contributed by atoms with Gasteiger partial charge in [-0.25, -0.2) is 17.9 Å². The highest BCUT2D eigenvalue weighted by atomic mass is 35.5. The van der Waals surface area contributed by atoms with Gasteiger partial charge in [-0.1, -0.05) is 22.9 Å². The summed E-state index contributed by atoms with van der Waals surface area (Å²) in [5.41, 5.74) is 1.89. The van der Waals surface area contributed by atoms with Crippen LogP contribution in [0.4, 0.5) is 13.2 Å². The Morgan fingerprint density at radius 1 is 1.11 bits per heavy atom. The summed E-state index contributed by atoms with van der Waals surface area (Å²) in [7, 11) is 0. The number of hydrogen-bond acceptors (Lipinski definition) is 3. The highest BCUT2D eigenvalue weighted by molar-refractivity contribution is 6.31. The molecule has 0 N–H and O–H groups in total. The van der Waals surface area contributed by atoms with Crippen molar-refractivity contribution in [3.63, 3.8) is 0 Å².